The number of carbonyl (C=O) groups is 3. The summed E-state index contributed by atoms with van der Waals surface area (Å²) in [4.78, 5) is 40.0. The van der Waals surface area contributed by atoms with Gasteiger partial charge in [0, 0.05) is 11.5 Å². The van der Waals surface area contributed by atoms with Gasteiger partial charge < -0.3 is 10.6 Å². The lowest BCUT2D eigenvalue weighted by molar-refractivity contribution is -0.134. The molecule has 2 aromatic carbocycles. The minimum atomic E-state index is -1.21. The van der Waals surface area contributed by atoms with Crippen molar-refractivity contribution in [2.75, 3.05) is 11.9 Å². The number of hydrogen-bond acceptors (Lipinski definition) is 4. The van der Waals surface area contributed by atoms with E-state index in [4.69, 9.17) is 0 Å². The number of aromatic nitrogens is 2. The zero-order valence-electron chi connectivity index (χ0n) is 20.1. The molecule has 4 rings (SSSR count). The van der Waals surface area contributed by atoms with E-state index in [0.717, 1.165) is 4.90 Å². The summed E-state index contributed by atoms with van der Waals surface area (Å²) in [6, 6.07) is 15.8. The van der Waals surface area contributed by atoms with E-state index in [0.29, 0.717) is 29.2 Å². The number of halogens is 1. The molecule has 1 fully saturated rings. The van der Waals surface area contributed by atoms with Crippen LogP contribution in [0.15, 0.2) is 60.7 Å². The molecule has 0 aliphatic carbocycles. The van der Waals surface area contributed by atoms with Crippen molar-refractivity contribution >= 4 is 23.7 Å². The van der Waals surface area contributed by atoms with Crippen molar-refractivity contribution in [3.05, 3.63) is 77.7 Å². The van der Waals surface area contributed by atoms with Crippen LogP contribution in [-0.2, 0) is 20.5 Å². The molecule has 182 valence electrons. The van der Waals surface area contributed by atoms with Gasteiger partial charge in [-0.25, -0.2) is 13.9 Å². The molecule has 0 spiro atoms. The lowest BCUT2D eigenvalue weighted by Crippen LogP contribution is -2.44. The van der Waals surface area contributed by atoms with Gasteiger partial charge >= 0.3 is 6.03 Å². The maximum Gasteiger partial charge on any atom is 0.325 e. The average Bonchev–Trinajstić information content (AvgIpc) is 3.35. The van der Waals surface area contributed by atoms with E-state index in [-0.39, 0.29) is 11.2 Å². The lowest BCUT2D eigenvalue weighted by atomic mass is 9.87. The molecule has 3 aromatic rings. The number of nitrogens with zero attached hydrogens (tertiary/aromatic N) is 3. The first kappa shape index (κ1) is 24.1. The molecule has 4 amide bonds. The number of urea groups is 1. The summed E-state index contributed by atoms with van der Waals surface area (Å²) in [5.41, 5.74) is 0.398. The minimum Gasteiger partial charge on any atom is -0.319 e. The number of hydrogen-bond donors (Lipinski definition) is 2. The number of rotatable bonds is 6. The summed E-state index contributed by atoms with van der Waals surface area (Å²) >= 11 is 0. The third-order valence-corrected chi connectivity index (χ3v) is 6.09. The smallest absolute Gasteiger partial charge is 0.319 e. The van der Waals surface area contributed by atoms with Crippen LogP contribution in [0.25, 0.3) is 5.69 Å². The standard InChI is InChI=1S/C26H28FN5O3/c1-5-26(17-9-7-6-8-10-17)23(34)31(24(35)29-26)16-22(33)28-21-15-20(25(2,3)4)30-32(21)19-13-11-18(27)12-14-19/h6-15H,5,16H2,1-4H3,(H,28,33)(H,29,35). The van der Waals surface area contributed by atoms with Gasteiger partial charge in [0.1, 0.15) is 23.7 Å². The van der Waals surface area contributed by atoms with Crippen molar-refractivity contribution in [1.82, 2.24) is 20.0 Å². The number of amides is 4. The average molecular weight is 478 g/mol. The Balaban J connectivity index is 1.59. The van der Waals surface area contributed by atoms with Crippen LogP contribution >= 0.6 is 0 Å². The number of anilines is 1. The summed E-state index contributed by atoms with van der Waals surface area (Å²) < 4.78 is 15.0. The molecule has 0 radical (unpaired) electrons. The van der Waals surface area contributed by atoms with Crippen molar-refractivity contribution in [2.45, 2.75) is 45.1 Å². The van der Waals surface area contributed by atoms with E-state index < -0.39 is 29.9 Å². The topological polar surface area (TPSA) is 96.3 Å². The van der Waals surface area contributed by atoms with Crippen LogP contribution in [0.4, 0.5) is 15.0 Å². The molecule has 8 nitrogen and oxygen atoms in total. The summed E-state index contributed by atoms with van der Waals surface area (Å²) in [5.74, 6) is -1.08. The normalized spacial score (nSPS) is 18.0. The zero-order chi connectivity index (χ0) is 25.4. The third-order valence-electron chi connectivity index (χ3n) is 6.09. The second kappa shape index (κ2) is 8.98. The number of carbonyl (C=O) groups excluding carboxylic acids is 3. The van der Waals surface area contributed by atoms with Gasteiger partial charge in [-0.3, -0.25) is 14.5 Å². The molecule has 1 saturated heterocycles. The molecule has 2 N–H and O–H groups in total. The van der Waals surface area contributed by atoms with Crippen molar-refractivity contribution in [3.8, 4) is 5.69 Å². The summed E-state index contributed by atoms with van der Waals surface area (Å²) in [6.45, 7) is 7.30. The fraction of sp³-hybridized carbons (Fsp3) is 0.308. The monoisotopic (exact) mass is 477 g/mol. The maximum absolute atomic E-state index is 13.4. The molecule has 1 unspecified atom stereocenters. The molecule has 2 heterocycles. The Labute approximate surface area is 203 Å². The van der Waals surface area contributed by atoms with Crippen LogP contribution in [0, 0.1) is 5.82 Å². The Kier molecular flexibility index (Phi) is 6.19. The molecule has 0 saturated carbocycles. The molecular formula is C26H28FN5O3. The summed E-state index contributed by atoms with van der Waals surface area (Å²) in [5, 5.41) is 10.1. The first-order valence-electron chi connectivity index (χ1n) is 11.4. The van der Waals surface area contributed by atoms with E-state index in [1.165, 1.54) is 16.8 Å². The Morgan fingerprint density at radius 1 is 1.09 bits per heavy atom. The number of benzene rings is 2. The predicted molar refractivity (Wildman–Crippen MR) is 130 cm³/mol. The highest BCUT2D eigenvalue weighted by Crippen LogP contribution is 2.32. The highest BCUT2D eigenvalue weighted by atomic mass is 19.1. The highest BCUT2D eigenvalue weighted by molar-refractivity contribution is 6.10. The molecule has 0 bridgehead atoms. The Morgan fingerprint density at radius 3 is 2.34 bits per heavy atom. The van der Waals surface area contributed by atoms with E-state index >= 15 is 0 Å². The first-order chi connectivity index (χ1) is 16.5. The van der Waals surface area contributed by atoms with Crippen molar-refractivity contribution in [1.29, 1.82) is 0 Å². The second-order valence-corrected chi connectivity index (χ2v) is 9.55. The van der Waals surface area contributed by atoms with Crippen LogP contribution in [0.1, 0.15) is 45.4 Å². The zero-order valence-corrected chi connectivity index (χ0v) is 20.1. The van der Waals surface area contributed by atoms with Gasteiger partial charge in [-0.1, -0.05) is 58.0 Å². The van der Waals surface area contributed by atoms with Gasteiger partial charge in [-0.05, 0) is 36.2 Å². The lowest BCUT2D eigenvalue weighted by Gasteiger charge is -2.25. The Hall–Kier alpha value is -4.01. The van der Waals surface area contributed by atoms with Crippen molar-refractivity contribution in [2.24, 2.45) is 0 Å². The van der Waals surface area contributed by atoms with Gasteiger partial charge in [0.05, 0.1) is 11.4 Å². The SMILES string of the molecule is CCC1(c2ccccc2)NC(=O)N(CC(=O)Nc2cc(C(C)(C)C)nn2-c2ccc(F)cc2)C1=O. The molecule has 1 atom stereocenters. The summed E-state index contributed by atoms with van der Waals surface area (Å²) in [6.07, 6.45) is 0.339. The van der Waals surface area contributed by atoms with Gasteiger partial charge in [0.15, 0.2) is 0 Å². The number of nitrogens with one attached hydrogen (secondary N) is 2. The van der Waals surface area contributed by atoms with Crippen LogP contribution in [0.2, 0.25) is 0 Å². The van der Waals surface area contributed by atoms with E-state index in [1.807, 2.05) is 33.8 Å². The molecule has 1 aromatic heterocycles. The maximum atomic E-state index is 13.4. The quantitative estimate of drug-likeness (QED) is 0.523. The second-order valence-electron chi connectivity index (χ2n) is 9.55. The Morgan fingerprint density at radius 2 is 1.74 bits per heavy atom. The van der Waals surface area contributed by atoms with E-state index in [1.54, 1.807) is 42.5 Å². The van der Waals surface area contributed by atoms with Gasteiger partial charge in [0.2, 0.25) is 5.91 Å². The van der Waals surface area contributed by atoms with Gasteiger partial charge in [-0.15, -0.1) is 0 Å². The van der Waals surface area contributed by atoms with Crippen LogP contribution in [0.3, 0.4) is 0 Å². The van der Waals surface area contributed by atoms with E-state index in [2.05, 4.69) is 15.7 Å². The minimum absolute atomic E-state index is 0.314. The fourth-order valence-electron chi connectivity index (χ4n) is 4.07. The highest BCUT2D eigenvalue weighted by Gasteiger charge is 2.51. The molecular weight excluding hydrogens is 449 g/mol. The fourth-order valence-corrected chi connectivity index (χ4v) is 4.07. The molecule has 1 aliphatic heterocycles. The Bertz CT molecular complexity index is 1260. The largest absolute Gasteiger partial charge is 0.325 e. The third kappa shape index (κ3) is 4.53. The van der Waals surface area contributed by atoms with Crippen molar-refractivity contribution in [3.63, 3.8) is 0 Å². The van der Waals surface area contributed by atoms with Crippen LogP contribution in [0.5, 0.6) is 0 Å². The molecule has 35 heavy (non-hydrogen) atoms. The van der Waals surface area contributed by atoms with Gasteiger partial charge in [0.25, 0.3) is 5.91 Å². The van der Waals surface area contributed by atoms with Crippen molar-refractivity contribution < 1.29 is 18.8 Å². The van der Waals surface area contributed by atoms with Crippen LogP contribution in [-0.4, -0.2) is 39.1 Å². The molecule has 1 aliphatic rings. The molecule has 9 heteroatoms. The first-order valence-corrected chi connectivity index (χ1v) is 11.4. The van der Waals surface area contributed by atoms with Crippen LogP contribution < -0.4 is 10.6 Å². The summed E-state index contributed by atoms with van der Waals surface area (Å²) in [7, 11) is 0. The number of imide groups is 1. The van der Waals surface area contributed by atoms with E-state index in [9.17, 15) is 18.8 Å². The predicted octanol–water partition coefficient (Wildman–Crippen LogP) is 4.10. The van der Waals surface area contributed by atoms with Gasteiger partial charge in [-0.2, -0.15) is 5.10 Å².